The van der Waals surface area contributed by atoms with Crippen molar-refractivity contribution in [3.8, 4) is 5.69 Å². The molecule has 1 aromatic heterocycles. The molecule has 1 aliphatic carbocycles. The first kappa shape index (κ1) is 13.4. The second kappa shape index (κ2) is 5.41. The van der Waals surface area contributed by atoms with Gasteiger partial charge in [-0.1, -0.05) is 31.0 Å². The van der Waals surface area contributed by atoms with Crippen molar-refractivity contribution in [1.82, 2.24) is 14.9 Å². The summed E-state index contributed by atoms with van der Waals surface area (Å²) in [5.74, 6) is 1.05. The average Bonchev–Trinajstić information content (AvgIpc) is 3.05. The van der Waals surface area contributed by atoms with Crippen molar-refractivity contribution >= 4 is 0 Å². The molecule has 0 amide bonds. The van der Waals surface area contributed by atoms with E-state index in [1.165, 1.54) is 37.1 Å². The number of nitrogens with zero attached hydrogens (tertiary/aromatic N) is 2. The van der Waals surface area contributed by atoms with Crippen LogP contribution in [-0.4, -0.2) is 15.1 Å². The van der Waals surface area contributed by atoms with Crippen LogP contribution in [0.2, 0.25) is 0 Å². The molecule has 1 heterocycles. The van der Waals surface area contributed by atoms with Gasteiger partial charge in [0.2, 0.25) is 0 Å². The lowest BCUT2D eigenvalue weighted by Crippen LogP contribution is -2.39. The predicted molar refractivity (Wildman–Crippen MR) is 82.0 cm³/mol. The van der Waals surface area contributed by atoms with Gasteiger partial charge >= 0.3 is 0 Å². The van der Waals surface area contributed by atoms with E-state index in [-0.39, 0.29) is 0 Å². The fraction of sp³-hybridized carbons (Fsp3) is 0.471. The summed E-state index contributed by atoms with van der Waals surface area (Å²) < 4.78 is 2.24. The second-order valence-corrected chi connectivity index (χ2v) is 6.09. The standard InChI is InChI=1S/C17H23N3/c1-14-18-12-16(13-19-17(2)10-6-7-11-17)20(14)15-8-4-3-5-9-15/h3-5,8-9,12,19H,6-7,10-11,13H2,1-2H3. The molecule has 20 heavy (non-hydrogen) atoms. The van der Waals surface area contributed by atoms with Crippen LogP contribution in [-0.2, 0) is 6.54 Å². The molecule has 1 fully saturated rings. The van der Waals surface area contributed by atoms with Crippen molar-refractivity contribution in [3.63, 3.8) is 0 Å². The van der Waals surface area contributed by atoms with Crippen molar-refractivity contribution in [1.29, 1.82) is 0 Å². The molecule has 1 aliphatic rings. The Morgan fingerprint density at radius 1 is 1.20 bits per heavy atom. The number of para-hydroxylation sites is 1. The van der Waals surface area contributed by atoms with Gasteiger partial charge in [-0.2, -0.15) is 0 Å². The van der Waals surface area contributed by atoms with E-state index in [0.717, 1.165) is 12.4 Å². The minimum Gasteiger partial charge on any atom is -0.306 e. The highest BCUT2D eigenvalue weighted by atomic mass is 15.1. The molecule has 3 heteroatoms. The van der Waals surface area contributed by atoms with Crippen LogP contribution in [0.5, 0.6) is 0 Å². The minimum absolute atomic E-state index is 0.305. The van der Waals surface area contributed by atoms with E-state index in [9.17, 15) is 0 Å². The first-order chi connectivity index (χ1) is 9.68. The van der Waals surface area contributed by atoms with E-state index >= 15 is 0 Å². The molecule has 0 bridgehead atoms. The molecule has 3 nitrogen and oxygen atoms in total. The first-order valence-electron chi connectivity index (χ1n) is 7.52. The molecular weight excluding hydrogens is 246 g/mol. The number of hydrogen-bond donors (Lipinski definition) is 1. The summed E-state index contributed by atoms with van der Waals surface area (Å²) in [5, 5.41) is 3.74. The van der Waals surface area contributed by atoms with Gasteiger partial charge in [0.15, 0.2) is 0 Å². The van der Waals surface area contributed by atoms with Gasteiger partial charge in [-0.25, -0.2) is 4.98 Å². The first-order valence-corrected chi connectivity index (χ1v) is 7.52. The Kier molecular flexibility index (Phi) is 3.62. The molecule has 3 rings (SSSR count). The molecule has 1 saturated carbocycles. The van der Waals surface area contributed by atoms with Crippen LogP contribution in [0.3, 0.4) is 0 Å². The molecule has 0 saturated heterocycles. The SMILES string of the molecule is Cc1ncc(CNC2(C)CCCC2)n1-c1ccccc1. The van der Waals surface area contributed by atoms with E-state index in [4.69, 9.17) is 0 Å². The second-order valence-electron chi connectivity index (χ2n) is 6.09. The maximum Gasteiger partial charge on any atom is 0.110 e. The number of hydrogen-bond acceptors (Lipinski definition) is 2. The highest BCUT2D eigenvalue weighted by Crippen LogP contribution is 2.29. The molecular formula is C17H23N3. The lowest BCUT2D eigenvalue weighted by atomic mass is 10.0. The van der Waals surface area contributed by atoms with Crippen molar-refractivity contribution in [3.05, 3.63) is 48.0 Å². The molecule has 0 aliphatic heterocycles. The van der Waals surface area contributed by atoms with Gasteiger partial charge < -0.3 is 5.32 Å². The average molecular weight is 269 g/mol. The van der Waals surface area contributed by atoms with Crippen molar-refractivity contribution < 1.29 is 0 Å². The minimum atomic E-state index is 0.305. The maximum atomic E-state index is 4.48. The Bertz CT molecular complexity index is 565. The number of aromatic nitrogens is 2. The number of benzene rings is 1. The Morgan fingerprint density at radius 3 is 2.60 bits per heavy atom. The quantitative estimate of drug-likeness (QED) is 0.919. The van der Waals surface area contributed by atoms with Crippen LogP contribution < -0.4 is 5.32 Å². The van der Waals surface area contributed by atoms with Crippen LogP contribution >= 0.6 is 0 Å². The lowest BCUT2D eigenvalue weighted by molar-refractivity contribution is 0.359. The maximum absolute atomic E-state index is 4.48. The normalized spacial score (nSPS) is 17.5. The van der Waals surface area contributed by atoms with Crippen LogP contribution in [0, 0.1) is 6.92 Å². The lowest BCUT2D eigenvalue weighted by Gasteiger charge is -2.25. The summed E-state index contributed by atoms with van der Waals surface area (Å²) >= 11 is 0. The van der Waals surface area contributed by atoms with Crippen LogP contribution in [0.25, 0.3) is 5.69 Å². The molecule has 2 aromatic rings. The largest absolute Gasteiger partial charge is 0.306 e. The summed E-state index contributed by atoms with van der Waals surface area (Å²) in [6.45, 7) is 5.29. The molecule has 1 N–H and O–H groups in total. The highest BCUT2D eigenvalue weighted by Gasteiger charge is 2.28. The molecule has 1 aromatic carbocycles. The monoisotopic (exact) mass is 269 g/mol. The summed E-state index contributed by atoms with van der Waals surface area (Å²) in [6, 6.07) is 10.5. The van der Waals surface area contributed by atoms with Gasteiger partial charge in [0.1, 0.15) is 5.82 Å². The van der Waals surface area contributed by atoms with Crippen LogP contribution in [0.4, 0.5) is 0 Å². The zero-order chi connectivity index (χ0) is 14.0. The van der Waals surface area contributed by atoms with E-state index < -0.39 is 0 Å². The van der Waals surface area contributed by atoms with E-state index in [1.807, 2.05) is 12.3 Å². The van der Waals surface area contributed by atoms with Crippen molar-refractivity contribution in [2.45, 2.75) is 51.6 Å². The zero-order valence-electron chi connectivity index (χ0n) is 12.4. The Morgan fingerprint density at radius 2 is 1.90 bits per heavy atom. The number of aryl methyl sites for hydroxylation is 1. The van der Waals surface area contributed by atoms with Crippen LogP contribution in [0.1, 0.15) is 44.1 Å². The predicted octanol–water partition coefficient (Wildman–Crippen LogP) is 3.60. The summed E-state index contributed by atoms with van der Waals surface area (Å²) in [5.41, 5.74) is 2.73. The summed E-state index contributed by atoms with van der Waals surface area (Å²) in [7, 11) is 0. The Hall–Kier alpha value is -1.61. The number of imidazole rings is 1. The summed E-state index contributed by atoms with van der Waals surface area (Å²) in [6.07, 6.45) is 7.26. The van der Waals surface area contributed by atoms with Gasteiger partial charge in [-0.15, -0.1) is 0 Å². The summed E-state index contributed by atoms with van der Waals surface area (Å²) in [4.78, 5) is 4.48. The number of rotatable bonds is 4. The van der Waals surface area contributed by atoms with E-state index in [0.29, 0.717) is 5.54 Å². The van der Waals surface area contributed by atoms with Crippen molar-refractivity contribution in [2.24, 2.45) is 0 Å². The fourth-order valence-corrected chi connectivity index (χ4v) is 3.18. The molecule has 0 unspecified atom stereocenters. The topological polar surface area (TPSA) is 29.9 Å². The highest BCUT2D eigenvalue weighted by molar-refractivity contribution is 5.35. The van der Waals surface area contributed by atoms with Gasteiger partial charge in [-0.05, 0) is 38.8 Å². The van der Waals surface area contributed by atoms with Gasteiger partial charge in [-0.3, -0.25) is 4.57 Å². The van der Waals surface area contributed by atoms with Crippen molar-refractivity contribution in [2.75, 3.05) is 0 Å². The number of nitrogens with one attached hydrogen (secondary N) is 1. The zero-order valence-corrected chi connectivity index (χ0v) is 12.4. The Balaban J connectivity index is 1.81. The third kappa shape index (κ3) is 2.63. The van der Waals surface area contributed by atoms with Gasteiger partial charge in [0, 0.05) is 17.8 Å². The molecule has 106 valence electrons. The smallest absolute Gasteiger partial charge is 0.110 e. The molecule has 0 radical (unpaired) electrons. The third-order valence-corrected chi connectivity index (χ3v) is 4.43. The van der Waals surface area contributed by atoms with E-state index in [1.54, 1.807) is 0 Å². The van der Waals surface area contributed by atoms with Crippen LogP contribution in [0.15, 0.2) is 36.5 Å². The fourth-order valence-electron chi connectivity index (χ4n) is 3.18. The Labute approximate surface area is 121 Å². The van der Waals surface area contributed by atoms with E-state index in [2.05, 4.69) is 53.0 Å². The molecule has 0 spiro atoms. The van der Waals surface area contributed by atoms with Gasteiger partial charge in [0.05, 0.1) is 11.9 Å². The molecule has 0 atom stereocenters. The third-order valence-electron chi connectivity index (χ3n) is 4.43. The van der Waals surface area contributed by atoms with Gasteiger partial charge in [0.25, 0.3) is 0 Å².